The maximum atomic E-state index is 13.6. The number of carbonyl (C=O) groups excluding carboxylic acids is 6. The average molecular weight is 732 g/mol. The first kappa shape index (κ1) is 43.1. The van der Waals surface area contributed by atoms with Crippen molar-refractivity contribution in [2.24, 2.45) is 17.6 Å². The maximum Gasteiger partial charge on any atom is 0.326 e. The third-order valence-corrected chi connectivity index (χ3v) is 7.79. The van der Waals surface area contributed by atoms with Gasteiger partial charge < -0.3 is 52.8 Å². The van der Waals surface area contributed by atoms with Crippen molar-refractivity contribution in [2.75, 3.05) is 18.1 Å². The molecular formula is C29H49N9O9S2. The minimum Gasteiger partial charge on any atom is -0.480 e. The van der Waals surface area contributed by atoms with E-state index in [2.05, 4.69) is 67.1 Å². The zero-order valence-corrected chi connectivity index (χ0v) is 29.8. The van der Waals surface area contributed by atoms with Crippen LogP contribution in [0.4, 0.5) is 0 Å². The molecule has 0 saturated heterocycles. The largest absolute Gasteiger partial charge is 0.480 e. The molecule has 1 rings (SSSR count). The fourth-order valence-corrected chi connectivity index (χ4v) is 4.73. The van der Waals surface area contributed by atoms with Crippen LogP contribution in [0.1, 0.15) is 46.7 Å². The molecule has 1 aromatic heterocycles. The summed E-state index contributed by atoms with van der Waals surface area (Å²) in [5.41, 5.74) is 6.12. The third kappa shape index (κ3) is 15.0. The first-order valence-corrected chi connectivity index (χ1v) is 16.8. The highest BCUT2D eigenvalue weighted by atomic mass is 32.1. The molecule has 0 aliphatic heterocycles. The lowest BCUT2D eigenvalue weighted by atomic mass is 10.0. The molecule has 49 heavy (non-hydrogen) atoms. The predicted molar refractivity (Wildman–Crippen MR) is 184 cm³/mol. The van der Waals surface area contributed by atoms with Gasteiger partial charge in [0.2, 0.25) is 35.4 Å². The Morgan fingerprint density at radius 1 is 0.796 bits per heavy atom. The second-order valence-corrected chi connectivity index (χ2v) is 12.9. The number of carboxylic acid groups (broad SMARTS) is 1. The molecule has 7 atom stereocenters. The van der Waals surface area contributed by atoms with Crippen molar-refractivity contribution in [1.29, 1.82) is 0 Å². The summed E-state index contributed by atoms with van der Waals surface area (Å²) >= 11 is 8.02. The zero-order valence-electron chi connectivity index (χ0n) is 28.1. The molecule has 0 fully saturated rings. The van der Waals surface area contributed by atoms with Gasteiger partial charge in [0.15, 0.2) is 0 Å². The van der Waals surface area contributed by atoms with E-state index in [1.54, 1.807) is 27.7 Å². The van der Waals surface area contributed by atoms with E-state index in [-0.39, 0.29) is 30.3 Å². The van der Waals surface area contributed by atoms with Gasteiger partial charge in [-0.2, -0.15) is 25.3 Å². The van der Waals surface area contributed by atoms with Crippen LogP contribution in [0.5, 0.6) is 0 Å². The molecule has 0 radical (unpaired) electrons. The Morgan fingerprint density at radius 2 is 1.39 bits per heavy atom. The van der Waals surface area contributed by atoms with Crippen molar-refractivity contribution < 1.29 is 43.8 Å². The summed E-state index contributed by atoms with van der Waals surface area (Å²) in [5, 5.41) is 34.1. The normalized spacial score (nSPS) is 15.5. The van der Waals surface area contributed by atoms with E-state index in [1.807, 2.05) is 0 Å². The number of H-pyrrole nitrogens is 1. The molecule has 1 heterocycles. The monoisotopic (exact) mass is 731 g/mol. The molecule has 276 valence electrons. The number of hydrogen-bond acceptors (Lipinski definition) is 12. The van der Waals surface area contributed by atoms with Crippen LogP contribution in [0.15, 0.2) is 12.5 Å². The highest BCUT2D eigenvalue weighted by molar-refractivity contribution is 7.80. The molecular weight excluding hydrogens is 683 g/mol. The number of nitrogens with two attached hydrogens (primary N) is 1. The summed E-state index contributed by atoms with van der Waals surface area (Å²) in [6.07, 6.45) is 1.43. The minimum absolute atomic E-state index is 0.0254. The first-order valence-electron chi connectivity index (χ1n) is 15.6. The number of thiol groups is 2. The van der Waals surface area contributed by atoms with Gasteiger partial charge in [-0.15, -0.1) is 0 Å². The van der Waals surface area contributed by atoms with Crippen LogP contribution in [0.3, 0.4) is 0 Å². The number of nitrogens with one attached hydrogen (secondary N) is 7. The molecule has 6 amide bonds. The number of nitrogens with zero attached hydrogens (tertiary/aromatic N) is 1. The van der Waals surface area contributed by atoms with E-state index in [9.17, 15) is 43.8 Å². The number of aliphatic carboxylic acids is 1. The summed E-state index contributed by atoms with van der Waals surface area (Å²) < 4.78 is 0. The molecule has 0 aromatic carbocycles. The van der Waals surface area contributed by atoms with Gasteiger partial charge in [-0.05, 0) is 25.2 Å². The number of aliphatic hydroxyl groups is 1. The molecule has 11 N–H and O–H groups in total. The number of imidazole rings is 1. The SMILES string of the molecule is CC(C)C[C@H](NC(=O)[C@H](Cc1cnc[nH]1)NC(=O)[C@@H](NC(=O)[C@@H](N)CS)[C@@H](C)O)C(=O)NCC(=O)N[C@@H](CS)C(=O)N[C@H](C(=O)O)C(C)C. The highest BCUT2D eigenvalue weighted by Gasteiger charge is 2.33. The molecule has 0 bridgehead atoms. The maximum absolute atomic E-state index is 13.6. The standard InChI is InChI=1S/C29H49N9O9S2/c1-13(2)6-18(25(42)32-9-21(40)34-20(11-49)27(44)37-22(14(3)4)29(46)47)35-26(43)19(7-16-8-31-12-33-16)36-28(45)23(15(5)39)38-24(41)17(30)10-48/h8,12-15,17-20,22-23,39,48-49H,6-7,9-11,30H2,1-5H3,(H,31,33)(H,32,42)(H,34,40)(H,35,43)(H,36,45)(H,37,44)(H,38,41)(H,46,47)/t15-,17+,18+,19+,20+,22+,23+/m1/s1. The minimum atomic E-state index is -1.48. The molecule has 0 aliphatic carbocycles. The van der Waals surface area contributed by atoms with Crippen molar-refractivity contribution in [1.82, 2.24) is 41.9 Å². The van der Waals surface area contributed by atoms with Crippen molar-refractivity contribution in [3.63, 3.8) is 0 Å². The van der Waals surface area contributed by atoms with E-state index in [0.29, 0.717) is 5.69 Å². The van der Waals surface area contributed by atoms with Crippen LogP contribution in [0.25, 0.3) is 0 Å². The van der Waals surface area contributed by atoms with Gasteiger partial charge in [-0.25, -0.2) is 9.78 Å². The number of amides is 6. The number of hydrogen-bond donors (Lipinski definition) is 12. The van der Waals surface area contributed by atoms with Gasteiger partial charge >= 0.3 is 5.97 Å². The summed E-state index contributed by atoms with van der Waals surface area (Å²) in [6.45, 7) is 7.49. The number of aliphatic hydroxyl groups excluding tert-OH is 1. The van der Waals surface area contributed by atoms with Crippen LogP contribution >= 0.6 is 25.3 Å². The van der Waals surface area contributed by atoms with Gasteiger partial charge in [-0.3, -0.25) is 28.8 Å². The number of rotatable bonds is 21. The molecule has 0 unspecified atom stereocenters. The molecule has 0 aliphatic rings. The molecule has 1 aromatic rings. The molecule has 0 saturated carbocycles. The molecule has 20 heteroatoms. The van der Waals surface area contributed by atoms with Crippen LogP contribution in [0.2, 0.25) is 0 Å². The van der Waals surface area contributed by atoms with Gasteiger partial charge in [0.05, 0.1) is 25.0 Å². The van der Waals surface area contributed by atoms with E-state index >= 15 is 0 Å². The quantitative estimate of drug-likeness (QED) is 0.0561. The van der Waals surface area contributed by atoms with Crippen LogP contribution in [-0.2, 0) is 40.0 Å². The second kappa shape index (κ2) is 21.3. The van der Waals surface area contributed by atoms with Crippen molar-refractivity contribution >= 4 is 66.7 Å². The second-order valence-electron chi connectivity index (χ2n) is 12.1. The Balaban J connectivity index is 3.05. The lowest BCUT2D eigenvalue weighted by Crippen LogP contribution is -2.61. The van der Waals surface area contributed by atoms with Crippen molar-refractivity contribution in [3.05, 3.63) is 18.2 Å². The number of aromatic nitrogens is 2. The van der Waals surface area contributed by atoms with Crippen molar-refractivity contribution in [3.8, 4) is 0 Å². The molecule has 0 spiro atoms. The predicted octanol–water partition coefficient (Wildman–Crippen LogP) is -3.15. The van der Waals surface area contributed by atoms with Gasteiger partial charge in [0.25, 0.3) is 0 Å². The van der Waals surface area contributed by atoms with E-state index in [1.165, 1.54) is 19.4 Å². The highest BCUT2D eigenvalue weighted by Crippen LogP contribution is 2.08. The Labute approximate surface area is 295 Å². The van der Waals surface area contributed by atoms with Crippen LogP contribution in [0, 0.1) is 11.8 Å². The first-order chi connectivity index (χ1) is 22.9. The Morgan fingerprint density at radius 3 is 1.88 bits per heavy atom. The Kier molecular flexibility index (Phi) is 18.7. The lowest BCUT2D eigenvalue weighted by Gasteiger charge is -2.27. The summed E-state index contributed by atoms with van der Waals surface area (Å²) in [5.74, 6) is -6.70. The number of aromatic amines is 1. The van der Waals surface area contributed by atoms with Crippen LogP contribution in [-0.4, -0.2) is 122 Å². The third-order valence-electron chi connectivity index (χ3n) is 7.04. The van der Waals surface area contributed by atoms with E-state index < -0.39 is 96.2 Å². The van der Waals surface area contributed by atoms with Gasteiger partial charge in [-0.1, -0.05) is 27.7 Å². The summed E-state index contributed by atoms with van der Waals surface area (Å²) in [4.78, 5) is 95.7. The Hall–Kier alpha value is -3.88. The van der Waals surface area contributed by atoms with E-state index in [0.717, 1.165) is 0 Å². The molecule has 18 nitrogen and oxygen atoms in total. The van der Waals surface area contributed by atoms with E-state index in [4.69, 9.17) is 5.73 Å². The Bertz CT molecular complexity index is 1280. The fraction of sp³-hybridized carbons (Fsp3) is 0.655. The topological polar surface area (TPSA) is 287 Å². The zero-order chi connectivity index (χ0) is 37.4. The van der Waals surface area contributed by atoms with Crippen molar-refractivity contribution in [2.45, 2.75) is 89.8 Å². The van der Waals surface area contributed by atoms with Gasteiger partial charge in [0, 0.05) is 29.8 Å². The lowest BCUT2D eigenvalue weighted by molar-refractivity contribution is -0.143. The fourth-order valence-electron chi connectivity index (χ4n) is 4.31. The smallest absolute Gasteiger partial charge is 0.326 e. The summed E-state index contributed by atoms with van der Waals surface area (Å²) in [7, 11) is 0. The number of carboxylic acids is 1. The number of carbonyl (C=O) groups is 7. The van der Waals surface area contributed by atoms with Gasteiger partial charge in [0.1, 0.15) is 30.2 Å². The summed E-state index contributed by atoms with van der Waals surface area (Å²) in [6, 6.07) is -7.42. The van der Waals surface area contributed by atoms with Crippen LogP contribution < -0.4 is 37.6 Å². The average Bonchev–Trinajstić information content (AvgIpc) is 3.54.